The SMILES string of the molecule is CCCCCCCCc1ccccc1C(=O)ON(C)C.O=NO. The molecule has 0 fully saturated rings. The molecule has 0 saturated carbocycles. The summed E-state index contributed by atoms with van der Waals surface area (Å²) in [6.45, 7) is 2.23. The maximum Gasteiger partial charge on any atom is 0.357 e. The molecule has 1 aromatic rings. The van der Waals surface area contributed by atoms with Gasteiger partial charge in [0.2, 0.25) is 0 Å². The average Bonchev–Trinajstić information content (AvgIpc) is 2.51. The summed E-state index contributed by atoms with van der Waals surface area (Å²) in [6, 6.07) is 7.74. The second kappa shape index (κ2) is 13.7. The van der Waals surface area contributed by atoms with E-state index in [0.29, 0.717) is 5.56 Å². The molecule has 0 unspecified atom stereocenters. The molecule has 0 aliphatic rings. The lowest BCUT2D eigenvalue weighted by atomic mass is 10.0. The Labute approximate surface area is 138 Å². The number of aryl methyl sites for hydroxylation is 1. The Morgan fingerprint density at radius 2 is 1.70 bits per heavy atom. The third kappa shape index (κ3) is 10.4. The van der Waals surface area contributed by atoms with Crippen molar-refractivity contribution in [2.24, 2.45) is 5.34 Å². The minimum Gasteiger partial charge on any atom is -0.379 e. The van der Waals surface area contributed by atoms with Crippen LogP contribution < -0.4 is 0 Å². The summed E-state index contributed by atoms with van der Waals surface area (Å²) in [7, 11) is 3.43. The summed E-state index contributed by atoms with van der Waals surface area (Å²) in [6.07, 6.45) is 8.53. The first kappa shape index (κ1) is 21.0. The van der Waals surface area contributed by atoms with E-state index in [0.717, 1.165) is 18.4 Å². The van der Waals surface area contributed by atoms with Gasteiger partial charge in [-0.15, -0.1) is 9.97 Å². The number of hydrogen-bond acceptors (Lipinski definition) is 5. The monoisotopic (exact) mass is 324 g/mol. The van der Waals surface area contributed by atoms with Gasteiger partial charge in [-0.05, 0) is 24.5 Å². The number of unbranched alkanes of at least 4 members (excludes halogenated alkanes) is 5. The minimum absolute atomic E-state index is 0.267. The van der Waals surface area contributed by atoms with Gasteiger partial charge < -0.3 is 10.0 Å². The molecule has 1 aromatic carbocycles. The van der Waals surface area contributed by atoms with Gasteiger partial charge in [-0.1, -0.05) is 57.2 Å². The van der Waals surface area contributed by atoms with Crippen LogP contribution in [0.15, 0.2) is 29.6 Å². The number of hydrogen-bond donors (Lipinski definition) is 1. The molecule has 130 valence electrons. The van der Waals surface area contributed by atoms with E-state index in [4.69, 9.17) is 15.0 Å². The van der Waals surface area contributed by atoms with Crippen molar-refractivity contribution in [2.75, 3.05) is 14.1 Å². The first-order valence-corrected chi connectivity index (χ1v) is 8.01. The molecule has 0 spiro atoms. The van der Waals surface area contributed by atoms with Gasteiger partial charge in [-0.25, -0.2) is 4.79 Å². The Morgan fingerprint density at radius 3 is 2.30 bits per heavy atom. The Hall–Kier alpha value is -1.95. The molecule has 0 atom stereocenters. The molecular formula is C17H28N2O4. The third-order valence-electron chi connectivity index (χ3n) is 3.30. The van der Waals surface area contributed by atoms with Crippen LogP contribution in [0.4, 0.5) is 0 Å². The Bertz CT molecular complexity index is 450. The fourth-order valence-corrected chi connectivity index (χ4v) is 2.25. The molecule has 0 amide bonds. The molecule has 0 bridgehead atoms. The Kier molecular flexibility index (Phi) is 12.5. The van der Waals surface area contributed by atoms with Crippen LogP contribution in [-0.2, 0) is 11.3 Å². The molecule has 0 aliphatic heterocycles. The quantitative estimate of drug-likeness (QED) is 0.414. The van der Waals surface area contributed by atoms with E-state index >= 15 is 0 Å². The van der Waals surface area contributed by atoms with Crippen molar-refractivity contribution in [3.63, 3.8) is 0 Å². The molecule has 1 N–H and O–H groups in total. The van der Waals surface area contributed by atoms with Gasteiger partial charge in [0.25, 0.3) is 0 Å². The van der Waals surface area contributed by atoms with Gasteiger partial charge in [0, 0.05) is 14.1 Å². The molecule has 0 aliphatic carbocycles. The van der Waals surface area contributed by atoms with Crippen LogP contribution in [-0.4, -0.2) is 30.3 Å². The smallest absolute Gasteiger partial charge is 0.357 e. The van der Waals surface area contributed by atoms with E-state index in [1.807, 2.05) is 24.3 Å². The van der Waals surface area contributed by atoms with Crippen molar-refractivity contribution in [2.45, 2.75) is 51.9 Å². The highest BCUT2D eigenvalue weighted by Crippen LogP contribution is 2.15. The van der Waals surface area contributed by atoms with Gasteiger partial charge in [-0.3, -0.25) is 0 Å². The second-order valence-corrected chi connectivity index (χ2v) is 5.45. The molecule has 23 heavy (non-hydrogen) atoms. The highest BCUT2D eigenvalue weighted by molar-refractivity contribution is 5.90. The van der Waals surface area contributed by atoms with E-state index in [9.17, 15) is 4.79 Å². The summed E-state index contributed by atoms with van der Waals surface area (Å²) < 4.78 is 0. The molecule has 6 nitrogen and oxygen atoms in total. The number of carbonyl (C=O) groups excluding carboxylic acids is 1. The van der Waals surface area contributed by atoms with Gasteiger partial charge in [0.15, 0.2) is 5.34 Å². The fraction of sp³-hybridized carbons (Fsp3) is 0.588. The number of nitrogens with zero attached hydrogens (tertiary/aromatic N) is 2. The van der Waals surface area contributed by atoms with Crippen molar-refractivity contribution in [3.8, 4) is 0 Å². The number of hydroxylamine groups is 2. The summed E-state index contributed by atoms with van der Waals surface area (Å²) in [4.78, 5) is 25.2. The van der Waals surface area contributed by atoms with E-state index in [1.165, 1.54) is 42.5 Å². The van der Waals surface area contributed by atoms with Gasteiger partial charge in [0.05, 0.1) is 5.56 Å². The van der Waals surface area contributed by atoms with E-state index < -0.39 is 0 Å². The fourth-order valence-electron chi connectivity index (χ4n) is 2.25. The Morgan fingerprint density at radius 1 is 1.13 bits per heavy atom. The highest BCUT2D eigenvalue weighted by Gasteiger charge is 2.13. The lowest BCUT2D eigenvalue weighted by molar-refractivity contribution is -0.0714. The summed E-state index contributed by atoms with van der Waals surface area (Å²) in [5, 5.41) is 9.32. The summed E-state index contributed by atoms with van der Waals surface area (Å²) in [5.74, 6) is -0.267. The maximum absolute atomic E-state index is 12.0. The predicted molar refractivity (Wildman–Crippen MR) is 90.2 cm³/mol. The van der Waals surface area contributed by atoms with Crippen LogP contribution in [0, 0.1) is 4.91 Å². The minimum atomic E-state index is -0.267. The highest BCUT2D eigenvalue weighted by atomic mass is 16.7. The van der Waals surface area contributed by atoms with Crippen LogP contribution in [0.25, 0.3) is 0 Å². The largest absolute Gasteiger partial charge is 0.379 e. The van der Waals surface area contributed by atoms with E-state index in [-0.39, 0.29) is 5.97 Å². The van der Waals surface area contributed by atoms with Crippen molar-refractivity contribution >= 4 is 5.97 Å². The second-order valence-electron chi connectivity index (χ2n) is 5.45. The molecule has 6 heteroatoms. The first-order chi connectivity index (χ1) is 11.1. The molecule has 1 rings (SSSR count). The lowest BCUT2D eigenvalue weighted by Crippen LogP contribution is -2.19. The molecule has 0 radical (unpaired) electrons. The first-order valence-electron chi connectivity index (χ1n) is 8.01. The molecule has 0 saturated heterocycles. The zero-order chi connectivity index (χ0) is 17.5. The normalized spacial score (nSPS) is 9.91. The summed E-state index contributed by atoms with van der Waals surface area (Å²) >= 11 is 0. The summed E-state index contributed by atoms with van der Waals surface area (Å²) in [5.41, 5.74) is 1.78. The third-order valence-corrected chi connectivity index (χ3v) is 3.30. The van der Waals surface area contributed by atoms with Crippen LogP contribution >= 0.6 is 0 Å². The van der Waals surface area contributed by atoms with Crippen molar-refractivity contribution in [1.82, 2.24) is 5.06 Å². The molecule has 0 heterocycles. The van der Waals surface area contributed by atoms with Crippen LogP contribution in [0.2, 0.25) is 0 Å². The topological polar surface area (TPSA) is 79.2 Å². The van der Waals surface area contributed by atoms with Gasteiger partial charge in [-0.2, -0.15) is 0 Å². The zero-order valence-corrected chi connectivity index (χ0v) is 14.3. The molecular weight excluding hydrogens is 296 g/mol. The van der Waals surface area contributed by atoms with Crippen molar-refractivity contribution < 1.29 is 14.8 Å². The van der Waals surface area contributed by atoms with Crippen molar-refractivity contribution in [3.05, 3.63) is 40.3 Å². The number of rotatable bonds is 9. The van der Waals surface area contributed by atoms with Crippen LogP contribution in [0.5, 0.6) is 0 Å². The van der Waals surface area contributed by atoms with Gasteiger partial charge in [0.1, 0.15) is 0 Å². The molecule has 0 aromatic heterocycles. The predicted octanol–water partition coefficient (Wildman–Crippen LogP) is 4.37. The standard InChI is InChI=1S/C17H27NO2.HNO2/c1-4-5-6-7-8-9-12-15-13-10-11-14-16(15)17(19)20-18(2)3;2-1-3/h10-11,13-14H,4-9,12H2,1-3H3;(H,2,3). The van der Waals surface area contributed by atoms with E-state index in [1.54, 1.807) is 14.1 Å². The van der Waals surface area contributed by atoms with E-state index in [2.05, 4.69) is 6.92 Å². The van der Waals surface area contributed by atoms with Crippen molar-refractivity contribution in [1.29, 1.82) is 0 Å². The average molecular weight is 324 g/mol. The van der Waals surface area contributed by atoms with Gasteiger partial charge >= 0.3 is 5.97 Å². The lowest BCUT2D eigenvalue weighted by Gasteiger charge is -2.12. The van der Waals surface area contributed by atoms with Crippen LogP contribution in [0.1, 0.15) is 61.4 Å². The zero-order valence-electron chi connectivity index (χ0n) is 14.3. The number of carbonyl (C=O) groups is 1. The number of benzene rings is 1. The maximum atomic E-state index is 12.0. The van der Waals surface area contributed by atoms with Crippen LogP contribution in [0.3, 0.4) is 0 Å². The Balaban J connectivity index is 0.00000149.